The number of nitro benzene ring substituents is 1. The standard InChI is InChI=1S/C11H12N4O4S/c1-8(11-12-5-6-13-11)14-20(18,19)10-4-2-3-9(7-10)15(16)17/h2-8,14H,1H3,(H,12,13). The Hall–Kier alpha value is -2.26. The van der Waals surface area contributed by atoms with Gasteiger partial charge in [0.05, 0.1) is 15.9 Å². The smallest absolute Gasteiger partial charge is 0.270 e. The summed E-state index contributed by atoms with van der Waals surface area (Å²) in [5, 5.41) is 10.7. The van der Waals surface area contributed by atoms with Crippen LogP contribution in [0.25, 0.3) is 0 Å². The van der Waals surface area contributed by atoms with E-state index in [1.54, 1.807) is 13.1 Å². The van der Waals surface area contributed by atoms with Gasteiger partial charge in [-0.15, -0.1) is 0 Å². The summed E-state index contributed by atoms with van der Waals surface area (Å²) in [6.45, 7) is 1.62. The average molecular weight is 296 g/mol. The Labute approximate surface area is 115 Å². The van der Waals surface area contributed by atoms with Crippen LogP contribution in [-0.4, -0.2) is 23.3 Å². The molecule has 2 rings (SSSR count). The van der Waals surface area contributed by atoms with Crippen LogP contribution in [0.3, 0.4) is 0 Å². The third-order valence-electron chi connectivity index (χ3n) is 2.60. The van der Waals surface area contributed by atoms with E-state index < -0.39 is 21.0 Å². The topological polar surface area (TPSA) is 118 Å². The van der Waals surface area contributed by atoms with Gasteiger partial charge in [0.2, 0.25) is 10.0 Å². The molecule has 0 bridgehead atoms. The molecule has 1 aromatic carbocycles. The minimum absolute atomic E-state index is 0.162. The van der Waals surface area contributed by atoms with Crippen molar-refractivity contribution in [3.8, 4) is 0 Å². The molecule has 1 heterocycles. The van der Waals surface area contributed by atoms with Crippen molar-refractivity contribution < 1.29 is 13.3 Å². The van der Waals surface area contributed by atoms with E-state index in [-0.39, 0.29) is 10.6 Å². The van der Waals surface area contributed by atoms with Crippen LogP contribution in [0.1, 0.15) is 18.8 Å². The maximum absolute atomic E-state index is 12.1. The van der Waals surface area contributed by atoms with Crippen molar-refractivity contribution in [1.82, 2.24) is 14.7 Å². The van der Waals surface area contributed by atoms with Gasteiger partial charge in [0.1, 0.15) is 5.82 Å². The van der Waals surface area contributed by atoms with Crippen molar-refractivity contribution >= 4 is 15.7 Å². The Morgan fingerprint density at radius 2 is 2.20 bits per heavy atom. The lowest BCUT2D eigenvalue weighted by atomic mass is 10.3. The average Bonchev–Trinajstić information content (AvgIpc) is 2.92. The molecule has 0 fully saturated rings. The zero-order valence-electron chi connectivity index (χ0n) is 10.5. The summed E-state index contributed by atoms with van der Waals surface area (Å²) in [7, 11) is -3.86. The lowest BCUT2D eigenvalue weighted by Gasteiger charge is -2.11. The summed E-state index contributed by atoms with van der Waals surface area (Å²) in [4.78, 5) is 16.6. The molecule has 20 heavy (non-hydrogen) atoms. The summed E-state index contributed by atoms with van der Waals surface area (Å²) >= 11 is 0. The third kappa shape index (κ3) is 3.00. The fourth-order valence-corrected chi connectivity index (χ4v) is 2.88. The second kappa shape index (κ2) is 5.39. The van der Waals surface area contributed by atoms with Crippen LogP contribution in [0.4, 0.5) is 5.69 Å². The number of benzene rings is 1. The monoisotopic (exact) mass is 296 g/mol. The molecule has 0 saturated carbocycles. The normalized spacial score (nSPS) is 13.1. The van der Waals surface area contributed by atoms with Gasteiger partial charge in [-0.05, 0) is 13.0 Å². The Bertz CT molecular complexity index is 712. The van der Waals surface area contributed by atoms with Gasteiger partial charge in [-0.25, -0.2) is 18.1 Å². The first kappa shape index (κ1) is 14.2. The van der Waals surface area contributed by atoms with Crippen LogP contribution in [0.2, 0.25) is 0 Å². The zero-order chi connectivity index (χ0) is 14.8. The number of non-ortho nitro benzene ring substituents is 1. The van der Waals surface area contributed by atoms with E-state index in [1.807, 2.05) is 0 Å². The summed E-state index contributed by atoms with van der Waals surface area (Å²) in [5.74, 6) is 0.457. The Kier molecular flexibility index (Phi) is 3.81. The Morgan fingerprint density at radius 1 is 1.45 bits per heavy atom. The van der Waals surface area contributed by atoms with E-state index in [9.17, 15) is 18.5 Å². The van der Waals surface area contributed by atoms with Crippen molar-refractivity contribution in [2.45, 2.75) is 17.9 Å². The van der Waals surface area contributed by atoms with Gasteiger partial charge in [-0.2, -0.15) is 0 Å². The molecule has 2 N–H and O–H groups in total. The first-order valence-electron chi connectivity index (χ1n) is 5.66. The summed E-state index contributed by atoms with van der Waals surface area (Å²) in [6, 6.07) is 4.29. The number of nitrogens with zero attached hydrogens (tertiary/aromatic N) is 2. The molecular weight excluding hydrogens is 284 g/mol. The van der Waals surface area contributed by atoms with E-state index in [4.69, 9.17) is 0 Å². The molecule has 2 aromatic rings. The first-order chi connectivity index (χ1) is 9.40. The first-order valence-corrected chi connectivity index (χ1v) is 7.14. The van der Waals surface area contributed by atoms with Crippen molar-refractivity contribution in [2.75, 3.05) is 0 Å². The van der Waals surface area contributed by atoms with Crippen molar-refractivity contribution in [1.29, 1.82) is 0 Å². The minimum Gasteiger partial charge on any atom is -0.347 e. The lowest BCUT2D eigenvalue weighted by molar-refractivity contribution is -0.385. The molecule has 106 valence electrons. The molecular formula is C11H12N4O4S. The molecule has 0 spiro atoms. The molecule has 0 radical (unpaired) electrons. The highest BCUT2D eigenvalue weighted by Crippen LogP contribution is 2.19. The van der Waals surface area contributed by atoms with Crippen LogP contribution in [0.5, 0.6) is 0 Å². The number of H-pyrrole nitrogens is 1. The fraction of sp³-hybridized carbons (Fsp3) is 0.182. The number of nitrogens with one attached hydrogen (secondary N) is 2. The largest absolute Gasteiger partial charge is 0.347 e. The zero-order valence-corrected chi connectivity index (χ0v) is 11.3. The second-order valence-electron chi connectivity index (χ2n) is 4.07. The lowest BCUT2D eigenvalue weighted by Crippen LogP contribution is -2.27. The number of nitro groups is 1. The van der Waals surface area contributed by atoms with E-state index in [1.165, 1.54) is 24.4 Å². The molecule has 0 aliphatic heterocycles. The molecule has 0 amide bonds. The molecule has 0 aliphatic carbocycles. The van der Waals surface area contributed by atoms with Gasteiger partial charge in [-0.3, -0.25) is 10.1 Å². The molecule has 0 saturated heterocycles. The maximum Gasteiger partial charge on any atom is 0.270 e. The van der Waals surface area contributed by atoms with Crippen LogP contribution in [0, 0.1) is 10.1 Å². The van der Waals surface area contributed by atoms with Crippen LogP contribution in [-0.2, 0) is 10.0 Å². The van der Waals surface area contributed by atoms with E-state index >= 15 is 0 Å². The predicted molar refractivity (Wildman–Crippen MR) is 70.4 cm³/mol. The van der Waals surface area contributed by atoms with Gasteiger partial charge in [-0.1, -0.05) is 6.07 Å². The molecule has 9 heteroatoms. The Morgan fingerprint density at radius 3 is 2.80 bits per heavy atom. The van der Waals surface area contributed by atoms with Gasteiger partial charge < -0.3 is 4.98 Å². The number of hydrogen-bond donors (Lipinski definition) is 2. The molecule has 0 aliphatic rings. The summed E-state index contributed by atoms with van der Waals surface area (Å²) in [5.41, 5.74) is -0.279. The van der Waals surface area contributed by atoms with Crippen molar-refractivity contribution in [3.05, 3.63) is 52.6 Å². The highest BCUT2D eigenvalue weighted by molar-refractivity contribution is 7.89. The molecule has 8 nitrogen and oxygen atoms in total. The number of sulfonamides is 1. The molecule has 1 unspecified atom stereocenters. The summed E-state index contributed by atoms with van der Waals surface area (Å²) < 4.78 is 26.7. The number of aromatic nitrogens is 2. The van der Waals surface area contributed by atoms with Crippen LogP contribution >= 0.6 is 0 Å². The van der Waals surface area contributed by atoms with Gasteiger partial charge in [0, 0.05) is 24.5 Å². The molecule has 1 aromatic heterocycles. The SMILES string of the molecule is CC(NS(=O)(=O)c1cccc([N+](=O)[O-])c1)c1ncc[nH]1. The van der Waals surface area contributed by atoms with Crippen molar-refractivity contribution in [3.63, 3.8) is 0 Å². The van der Waals surface area contributed by atoms with Gasteiger partial charge in [0.25, 0.3) is 5.69 Å². The third-order valence-corrected chi connectivity index (χ3v) is 4.14. The summed E-state index contributed by atoms with van der Waals surface area (Å²) in [6.07, 6.45) is 3.08. The van der Waals surface area contributed by atoms with Crippen LogP contribution < -0.4 is 4.72 Å². The van der Waals surface area contributed by atoms with Gasteiger partial charge >= 0.3 is 0 Å². The van der Waals surface area contributed by atoms with E-state index in [2.05, 4.69) is 14.7 Å². The quantitative estimate of drug-likeness (QED) is 0.638. The number of imidazole rings is 1. The molecule has 1 atom stereocenters. The fourth-order valence-electron chi connectivity index (χ4n) is 1.64. The number of rotatable bonds is 5. The van der Waals surface area contributed by atoms with Crippen molar-refractivity contribution in [2.24, 2.45) is 0 Å². The number of aromatic amines is 1. The highest BCUT2D eigenvalue weighted by Gasteiger charge is 2.21. The maximum atomic E-state index is 12.1. The Balaban J connectivity index is 2.26. The highest BCUT2D eigenvalue weighted by atomic mass is 32.2. The predicted octanol–water partition coefficient (Wildman–Crippen LogP) is 1.36. The number of hydrogen-bond acceptors (Lipinski definition) is 5. The van der Waals surface area contributed by atoms with E-state index in [0.29, 0.717) is 5.82 Å². The van der Waals surface area contributed by atoms with Gasteiger partial charge in [0.15, 0.2) is 0 Å². The van der Waals surface area contributed by atoms with E-state index in [0.717, 1.165) is 6.07 Å². The second-order valence-corrected chi connectivity index (χ2v) is 5.79. The van der Waals surface area contributed by atoms with Crippen LogP contribution in [0.15, 0.2) is 41.6 Å². The minimum atomic E-state index is -3.86.